The average molecular weight is 386 g/mol. The SMILES string of the molecule is NCc1cccc(-c2cc(N3CCOCC3)nc3c(-c4ccn[nH]4)nccc23)c1. The topological polar surface area (TPSA) is 93.0 Å². The maximum absolute atomic E-state index is 5.89. The molecule has 3 N–H and O–H groups in total. The Morgan fingerprint density at radius 2 is 1.97 bits per heavy atom. The number of aromatic amines is 1. The molecule has 1 fully saturated rings. The van der Waals surface area contributed by atoms with E-state index in [4.69, 9.17) is 15.5 Å². The van der Waals surface area contributed by atoms with Gasteiger partial charge in [0.2, 0.25) is 0 Å². The number of nitrogens with one attached hydrogen (secondary N) is 1. The first kappa shape index (κ1) is 17.8. The van der Waals surface area contributed by atoms with Crippen molar-refractivity contribution in [3.05, 3.63) is 60.4 Å². The molecule has 0 radical (unpaired) electrons. The van der Waals surface area contributed by atoms with Gasteiger partial charge >= 0.3 is 0 Å². The molecule has 0 bridgehead atoms. The summed E-state index contributed by atoms with van der Waals surface area (Å²) in [7, 11) is 0. The molecule has 3 aromatic heterocycles. The number of anilines is 1. The standard InChI is InChI=1S/C22H22N6O/c23-14-15-2-1-3-16(12-15)18-13-20(28-8-10-29-11-9-28)26-21-17(18)4-6-24-22(21)19-5-7-25-27-19/h1-7,12-13H,8-11,14,23H2,(H,25,27). The van der Waals surface area contributed by atoms with E-state index in [0.717, 1.165) is 57.9 Å². The molecule has 1 saturated heterocycles. The van der Waals surface area contributed by atoms with Crippen molar-refractivity contribution in [2.45, 2.75) is 6.54 Å². The van der Waals surface area contributed by atoms with Crippen LogP contribution >= 0.6 is 0 Å². The van der Waals surface area contributed by atoms with Crippen LogP contribution in [0.25, 0.3) is 33.4 Å². The van der Waals surface area contributed by atoms with E-state index in [2.05, 4.69) is 44.3 Å². The first-order valence-electron chi connectivity index (χ1n) is 9.75. The van der Waals surface area contributed by atoms with Gasteiger partial charge in [-0.15, -0.1) is 0 Å². The van der Waals surface area contributed by atoms with Crippen LogP contribution in [0.2, 0.25) is 0 Å². The van der Waals surface area contributed by atoms with Gasteiger partial charge in [0.1, 0.15) is 17.0 Å². The van der Waals surface area contributed by atoms with E-state index in [-0.39, 0.29) is 0 Å². The fourth-order valence-electron chi connectivity index (χ4n) is 3.78. The number of morpholine rings is 1. The number of benzene rings is 1. The zero-order valence-electron chi connectivity index (χ0n) is 16.0. The molecular formula is C22H22N6O. The van der Waals surface area contributed by atoms with Crippen LogP contribution in [0.15, 0.2) is 54.9 Å². The smallest absolute Gasteiger partial charge is 0.130 e. The Morgan fingerprint density at radius 1 is 1.07 bits per heavy atom. The summed E-state index contributed by atoms with van der Waals surface area (Å²) in [6, 6.07) is 14.5. The fourth-order valence-corrected chi connectivity index (χ4v) is 3.78. The number of H-pyrrole nitrogens is 1. The molecule has 0 aliphatic carbocycles. The Morgan fingerprint density at radius 3 is 2.76 bits per heavy atom. The molecule has 146 valence electrons. The summed E-state index contributed by atoms with van der Waals surface area (Å²) < 4.78 is 5.53. The van der Waals surface area contributed by atoms with E-state index >= 15 is 0 Å². The van der Waals surface area contributed by atoms with Crippen molar-refractivity contribution in [1.29, 1.82) is 0 Å². The van der Waals surface area contributed by atoms with Crippen LogP contribution < -0.4 is 10.6 Å². The fraction of sp³-hybridized carbons (Fsp3) is 0.227. The largest absolute Gasteiger partial charge is 0.378 e. The quantitative estimate of drug-likeness (QED) is 0.560. The minimum Gasteiger partial charge on any atom is -0.378 e. The Balaban J connectivity index is 1.77. The van der Waals surface area contributed by atoms with E-state index in [1.54, 1.807) is 6.20 Å². The van der Waals surface area contributed by atoms with Gasteiger partial charge in [-0.1, -0.05) is 18.2 Å². The first-order valence-corrected chi connectivity index (χ1v) is 9.75. The highest BCUT2D eigenvalue weighted by atomic mass is 16.5. The summed E-state index contributed by atoms with van der Waals surface area (Å²) in [5, 5.41) is 8.16. The summed E-state index contributed by atoms with van der Waals surface area (Å²) in [4.78, 5) is 11.9. The molecule has 0 amide bonds. The van der Waals surface area contributed by atoms with Crippen molar-refractivity contribution in [2.24, 2.45) is 5.73 Å². The van der Waals surface area contributed by atoms with Crippen LogP contribution in [0.4, 0.5) is 5.82 Å². The second kappa shape index (κ2) is 7.62. The molecule has 1 aromatic carbocycles. The predicted octanol–water partition coefficient (Wildman–Crippen LogP) is 2.98. The molecule has 1 aliphatic heterocycles. The van der Waals surface area contributed by atoms with Crippen LogP contribution in [0.1, 0.15) is 5.56 Å². The van der Waals surface area contributed by atoms with E-state index in [1.807, 2.05) is 24.4 Å². The number of ether oxygens (including phenoxy) is 1. The van der Waals surface area contributed by atoms with Gasteiger partial charge in [0.25, 0.3) is 0 Å². The predicted molar refractivity (Wildman–Crippen MR) is 113 cm³/mol. The molecule has 29 heavy (non-hydrogen) atoms. The molecule has 7 nitrogen and oxygen atoms in total. The summed E-state index contributed by atoms with van der Waals surface area (Å²) in [5.74, 6) is 0.933. The summed E-state index contributed by atoms with van der Waals surface area (Å²) in [6.45, 7) is 3.56. The maximum atomic E-state index is 5.89. The van der Waals surface area contributed by atoms with E-state index in [0.29, 0.717) is 19.8 Å². The lowest BCUT2D eigenvalue weighted by molar-refractivity contribution is 0.122. The van der Waals surface area contributed by atoms with Gasteiger partial charge in [-0.3, -0.25) is 10.1 Å². The molecule has 0 spiro atoms. The second-order valence-electron chi connectivity index (χ2n) is 7.06. The lowest BCUT2D eigenvalue weighted by atomic mass is 9.98. The van der Waals surface area contributed by atoms with Crippen molar-refractivity contribution in [1.82, 2.24) is 20.2 Å². The van der Waals surface area contributed by atoms with Crippen LogP contribution in [0, 0.1) is 0 Å². The van der Waals surface area contributed by atoms with Gasteiger partial charge in [0.05, 0.1) is 18.9 Å². The van der Waals surface area contributed by atoms with Crippen LogP contribution in [0.3, 0.4) is 0 Å². The van der Waals surface area contributed by atoms with E-state index in [1.165, 1.54) is 0 Å². The zero-order valence-corrected chi connectivity index (χ0v) is 16.0. The molecule has 1 aliphatic rings. The zero-order chi connectivity index (χ0) is 19.6. The van der Waals surface area contributed by atoms with Crippen molar-refractivity contribution < 1.29 is 4.74 Å². The number of hydrogen-bond donors (Lipinski definition) is 2. The van der Waals surface area contributed by atoms with Crippen molar-refractivity contribution in [3.8, 4) is 22.5 Å². The average Bonchev–Trinajstić information content (AvgIpc) is 3.33. The minimum atomic E-state index is 0.508. The Kier molecular flexibility index (Phi) is 4.67. The van der Waals surface area contributed by atoms with Crippen LogP contribution in [-0.4, -0.2) is 46.5 Å². The van der Waals surface area contributed by atoms with E-state index in [9.17, 15) is 0 Å². The third-order valence-electron chi connectivity index (χ3n) is 5.28. The Bertz CT molecular complexity index is 1140. The van der Waals surface area contributed by atoms with Gasteiger partial charge in [0.15, 0.2) is 0 Å². The lowest BCUT2D eigenvalue weighted by Crippen LogP contribution is -2.36. The van der Waals surface area contributed by atoms with Gasteiger partial charge in [-0.2, -0.15) is 5.10 Å². The third kappa shape index (κ3) is 3.35. The molecule has 7 heteroatoms. The lowest BCUT2D eigenvalue weighted by Gasteiger charge is -2.28. The van der Waals surface area contributed by atoms with Gasteiger partial charge in [-0.25, -0.2) is 4.98 Å². The number of rotatable bonds is 4. The molecule has 4 aromatic rings. The molecule has 4 heterocycles. The number of nitrogens with two attached hydrogens (primary N) is 1. The molecule has 0 saturated carbocycles. The Hall–Kier alpha value is -3.29. The van der Waals surface area contributed by atoms with E-state index < -0.39 is 0 Å². The molecule has 0 unspecified atom stereocenters. The third-order valence-corrected chi connectivity index (χ3v) is 5.28. The summed E-state index contributed by atoms with van der Waals surface area (Å²) in [5.41, 5.74) is 11.7. The number of hydrogen-bond acceptors (Lipinski definition) is 6. The van der Waals surface area contributed by atoms with Gasteiger partial charge in [-0.05, 0) is 41.0 Å². The summed E-state index contributed by atoms with van der Waals surface area (Å²) in [6.07, 6.45) is 3.55. The first-order chi connectivity index (χ1) is 14.3. The minimum absolute atomic E-state index is 0.508. The monoisotopic (exact) mass is 386 g/mol. The maximum Gasteiger partial charge on any atom is 0.130 e. The number of fused-ring (bicyclic) bond motifs is 1. The second-order valence-corrected chi connectivity index (χ2v) is 7.06. The number of pyridine rings is 2. The van der Waals surface area contributed by atoms with Crippen LogP contribution in [0.5, 0.6) is 0 Å². The van der Waals surface area contributed by atoms with Crippen LogP contribution in [-0.2, 0) is 11.3 Å². The molecular weight excluding hydrogens is 364 g/mol. The summed E-state index contributed by atoms with van der Waals surface area (Å²) >= 11 is 0. The molecule has 5 rings (SSSR count). The number of aromatic nitrogens is 4. The van der Waals surface area contributed by atoms with Crippen molar-refractivity contribution in [3.63, 3.8) is 0 Å². The van der Waals surface area contributed by atoms with Crippen molar-refractivity contribution >= 4 is 16.7 Å². The van der Waals surface area contributed by atoms with Gasteiger partial charge in [0, 0.05) is 37.4 Å². The Labute approximate surface area is 168 Å². The number of nitrogens with zero attached hydrogens (tertiary/aromatic N) is 4. The highest BCUT2D eigenvalue weighted by Crippen LogP contribution is 2.35. The normalized spacial score (nSPS) is 14.4. The van der Waals surface area contributed by atoms with Gasteiger partial charge < -0.3 is 15.4 Å². The molecule has 0 atom stereocenters. The van der Waals surface area contributed by atoms with Crippen molar-refractivity contribution in [2.75, 3.05) is 31.2 Å². The highest BCUT2D eigenvalue weighted by Gasteiger charge is 2.18. The highest BCUT2D eigenvalue weighted by molar-refractivity contribution is 6.01.